The number of hydrogen-bond acceptors (Lipinski definition) is 3. The van der Waals surface area contributed by atoms with Gasteiger partial charge in [0.15, 0.2) is 0 Å². The second-order valence-corrected chi connectivity index (χ2v) is 8.07. The Morgan fingerprint density at radius 3 is 2.20 bits per heavy atom. The largest absolute Gasteiger partial charge is 0.494 e. The zero-order chi connectivity index (χ0) is 15.1. The second kappa shape index (κ2) is 5.45. The highest BCUT2D eigenvalue weighted by Gasteiger charge is 2.51. The molecule has 0 bridgehead atoms. The van der Waals surface area contributed by atoms with Gasteiger partial charge in [0, 0.05) is 27.8 Å². The molecule has 1 unspecified atom stereocenters. The van der Waals surface area contributed by atoms with Crippen molar-refractivity contribution in [1.82, 2.24) is 0 Å². The molecule has 1 aromatic carbocycles. The monoisotopic (exact) mass is 314 g/mol. The summed E-state index contributed by atoms with van der Waals surface area (Å²) < 4.78 is 23.4. The first kappa shape index (κ1) is 16.0. The number of halogens is 1. The third-order valence-electron chi connectivity index (χ3n) is 3.88. The average molecular weight is 315 g/mol. The van der Waals surface area contributed by atoms with Gasteiger partial charge in [-0.2, -0.15) is 0 Å². The van der Waals surface area contributed by atoms with Crippen molar-refractivity contribution in [1.29, 1.82) is 0 Å². The van der Waals surface area contributed by atoms with Crippen LogP contribution in [0.3, 0.4) is 0 Å². The van der Waals surface area contributed by atoms with E-state index >= 15 is 0 Å². The van der Waals surface area contributed by atoms with Gasteiger partial charge in [-0.05, 0) is 50.9 Å². The van der Waals surface area contributed by atoms with Gasteiger partial charge in [0.2, 0.25) is 0 Å². The quantitative estimate of drug-likeness (QED) is 0.804. The summed E-state index contributed by atoms with van der Waals surface area (Å²) in [5, 5.41) is 0.609. The predicted octanol–water partition coefficient (Wildman–Crippen LogP) is 2.52. The zero-order valence-corrected chi connectivity index (χ0v) is 14.1. The summed E-state index contributed by atoms with van der Waals surface area (Å²) in [6.45, 7) is 8.05. The van der Waals surface area contributed by atoms with Crippen LogP contribution in [0.1, 0.15) is 33.3 Å². The van der Waals surface area contributed by atoms with E-state index in [-0.39, 0.29) is 11.2 Å². The molecule has 1 aromatic rings. The molecule has 0 N–H and O–H groups in total. The van der Waals surface area contributed by atoms with Gasteiger partial charge in [0.25, 0.3) is 0 Å². The molecular formula is C14H20BClO3S. The molecule has 1 aliphatic rings. The summed E-state index contributed by atoms with van der Waals surface area (Å²) in [7, 11) is -1.35. The molecule has 3 nitrogen and oxygen atoms in total. The van der Waals surface area contributed by atoms with Crippen LogP contribution in [0.4, 0.5) is 0 Å². The molecule has 0 spiro atoms. The molecule has 0 amide bonds. The molecule has 2 rings (SSSR count). The molecule has 0 aromatic heterocycles. The van der Waals surface area contributed by atoms with Gasteiger partial charge in [-0.1, -0.05) is 17.7 Å². The maximum absolute atomic E-state index is 11.4. The third kappa shape index (κ3) is 3.27. The van der Waals surface area contributed by atoms with Crippen LogP contribution in [0.25, 0.3) is 0 Å². The lowest BCUT2D eigenvalue weighted by Gasteiger charge is -2.32. The molecule has 1 atom stereocenters. The summed E-state index contributed by atoms with van der Waals surface area (Å²) in [5.74, 6) is 0.479. The Kier molecular flexibility index (Phi) is 4.36. The number of hydrogen-bond donors (Lipinski definition) is 0. The van der Waals surface area contributed by atoms with Crippen molar-refractivity contribution in [3.63, 3.8) is 0 Å². The standard InChI is InChI=1S/C14H20BClO3S/c1-13(2)14(3,4)19-15(18-13)11-6-10(9-20(5)17)7-12(16)8-11/h6-8H,9H2,1-5H3. The van der Waals surface area contributed by atoms with Crippen LogP contribution in [-0.2, 0) is 25.9 Å². The highest BCUT2D eigenvalue weighted by molar-refractivity contribution is 7.83. The molecule has 110 valence electrons. The first-order chi connectivity index (χ1) is 9.10. The van der Waals surface area contributed by atoms with E-state index in [9.17, 15) is 4.21 Å². The number of benzene rings is 1. The highest BCUT2D eigenvalue weighted by Crippen LogP contribution is 2.36. The summed E-state index contributed by atoms with van der Waals surface area (Å²) in [6.07, 6.45) is 1.68. The lowest BCUT2D eigenvalue weighted by atomic mass is 9.78. The Morgan fingerprint density at radius 2 is 1.70 bits per heavy atom. The lowest BCUT2D eigenvalue weighted by molar-refractivity contribution is 0.00578. The lowest BCUT2D eigenvalue weighted by Crippen LogP contribution is -2.41. The van der Waals surface area contributed by atoms with Gasteiger partial charge in [0.05, 0.1) is 11.2 Å². The van der Waals surface area contributed by atoms with Crippen LogP contribution in [0.15, 0.2) is 18.2 Å². The highest BCUT2D eigenvalue weighted by atomic mass is 35.5. The van der Waals surface area contributed by atoms with Crippen LogP contribution >= 0.6 is 11.6 Å². The van der Waals surface area contributed by atoms with Crippen molar-refractivity contribution >= 4 is 35.0 Å². The topological polar surface area (TPSA) is 35.5 Å². The molecule has 0 aliphatic carbocycles. The normalized spacial score (nSPS) is 22.0. The van der Waals surface area contributed by atoms with E-state index in [0.717, 1.165) is 11.0 Å². The van der Waals surface area contributed by atoms with Crippen LogP contribution < -0.4 is 5.46 Å². The van der Waals surface area contributed by atoms with Crippen molar-refractivity contribution in [2.24, 2.45) is 0 Å². The maximum atomic E-state index is 11.4. The van der Waals surface area contributed by atoms with E-state index < -0.39 is 17.9 Å². The SMILES string of the molecule is CS(=O)Cc1cc(Cl)cc(B2OC(C)(C)C(C)(C)O2)c1. The van der Waals surface area contributed by atoms with Crippen molar-refractivity contribution < 1.29 is 13.5 Å². The second-order valence-electron chi connectivity index (χ2n) is 6.20. The van der Waals surface area contributed by atoms with Crippen LogP contribution in [-0.4, -0.2) is 28.8 Å². The fourth-order valence-corrected chi connectivity index (χ4v) is 3.01. The zero-order valence-electron chi connectivity index (χ0n) is 12.5. The maximum Gasteiger partial charge on any atom is 0.494 e. The van der Waals surface area contributed by atoms with E-state index in [1.165, 1.54) is 0 Å². The summed E-state index contributed by atoms with van der Waals surface area (Å²) in [4.78, 5) is 0. The predicted molar refractivity (Wildman–Crippen MR) is 84.9 cm³/mol. The van der Waals surface area contributed by atoms with Crippen molar-refractivity contribution in [2.75, 3.05) is 6.26 Å². The summed E-state index contributed by atoms with van der Waals surface area (Å²) in [5.41, 5.74) is 1.04. The number of rotatable bonds is 3. The van der Waals surface area contributed by atoms with Crippen molar-refractivity contribution in [3.05, 3.63) is 28.8 Å². The van der Waals surface area contributed by atoms with E-state index in [1.54, 1.807) is 6.26 Å². The molecule has 20 heavy (non-hydrogen) atoms. The van der Waals surface area contributed by atoms with E-state index in [4.69, 9.17) is 20.9 Å². The van der Waals surface area contributed by atoms with Gasteiger partial charge >= 0.3 is 7.12 Å². The molecule has 1 aliphatic heterocycles. The third-order valence-corrected chi connectivity index (χ3v) is 4.83. The molecule has 0 radical (unpaired) electrons. The van der Waals surface area contributed by atoms with Crippen LogP contribution in [0, 0.1) is 0 Å². The van der Waals surface area contributed by atoms with E-state index in [2.05, 4.69) is 0 Å². The average Bonchev–Trinajstić information content (AvgIpc) is 2.46. The van der Waals surface area contributed by atoms with Crippen LogP contribution in [0.2, 0.25) is 5.02 Å². The minimum Gasteiger partial charge on any atom is -0.399 e. The Labute approximate surface area is 128 Å². The van der Waals surface area contributed by atoms with Gasteiger partial charge in [-0.15, -0.1) is 0 Å². The van der Waals surface area contributed by atoms with Crippen molar-refractivity contribution in [2.45, 2.75) is 44.6 Å². The Bertz CT molecular complexity index is 529. The molecule has 1 saturated heterocycles. The van der Waals surface area contributed by atoms with Crippen LogP contribution in [0.5, 0.6) is 0 Å². The molecule has 1 heterocycles. The molecule has 0 saturated carbocycles. The molecule has 6 heteroatoms. The Morgan fingerprint density at radius 1 is 1.15 bits per heavy atom. The first-order valence-electron chi connectivity index (χ1n) is 6.56. The molecular weight excluding hydrogens is 294 g/mol. The smallest absolute Gasteiger partial charge is 0.399 e. The summed E-state index contributed by atoms with van der Waals surface area (Å²) >= 11 is 6.14. The Balaban J connectivity index is 2.30. The fourth-order valence-electron chi connectivity index (χ4n) is 2.11. The van der Waals surface area contributed by atoms with E-state index in [1.807, 2.05) is 45.9 Å². The minimum absolute atomic E-state index is 0.381. The van der Waals surface area contributed by atoms with E-state index in [0.29, 0.717) is 10.8 Å². The van der Waals surface area contributed by atoms with Gasteiger partial charge in [0.1, 0.15) is 0 Å². The summed E-state index contributed by atoms with van der Waals surface area (Å²) in [6, 6.07) is 5.62. The fraction of sp³-hybridized carbons (Fsp3) is 0.571. The first-order valence-corrected chi connectivity index (χ1v) is 8.66. The van der Waals surface area contributed by atoms with Gasteiger partial charge < -0.3 is 9.31 Å². The van der Waals surface area contributed by atoms with Gasteiger partial charge in [-0.25, -0.2) is 0 Å². The van der Waals surface area contributed by atoms with Crippen molar-refractivity contribution in [3.8, 4) is 0 Å². The molecule has 1 fully saturated rings. The Hall–Kier alpha value is -0.355. The van der Waals surface area contributed by atoms with Gasteiger partial charge in [-0.3, -0.25) is 4.21 Å². The minimum atomic E-state index is -0.905.